The summed E-state index contributed by atoms with van der Waals surface area (Å²) in [6.07, 6.45) is 1.34. The molecule has 33 heavy (non-hydrogen) atoms. The highest BCUT2D eigenvalue weighted by atomic mass is 16.5. The second-order valence-electron chi connectivity index (χ2n) is 7.11. The Morgan fingerprint density at radius 2 is 1.67 bits per heavy atom. The van der Waals surface area contributed by atoms with Gasteiger partial charge in [0.2, 0.25) is 0 Å². The van der Waals surface area contributed by atoms with Crippen LogP contribution >= 0.6 is 0 Å². The van der Waals surface area contributed by atoms with Gasteiger partial charge in [-0.15, -0.1) is 0 Å². The van der Waals surface area contributed by atoms with Crippen molar-refractivity contribution in [1.29, 1.82) is 0 Å². The average molecular weight is 444 g/mol. The number of aryl methyl sites for hydroxylation is 1. The molecule has 3 aromatic rings. The Morgan fingerprint density at radius 3 is 2.45 bits per heavy atom. The van der Waals surface area contributed by atoms with Crippen molar-refractivity contribution in [3.63, 3.8) is 0 Å². The van der Waals surface area contributed by atoms with Crippen LogP contribution in [0.25, 0.3) is 0 Å². The molecular weight excluding hydrogens is 420 g/mol. The number of ether oxygens (including phenoxy) is 1. The van der Waals surface area contributed by atoms with Gasteiger partial charge in [0.25, 0.3) is 5.91 Å². The third-order valence-electron chi connectivity index (χ3n) is 4.45. The summed E-state index contributed by atoms with van der Waals surface area (Å²) in [6, 6.07) is 23.6. The fraction of sp³-hybridized carbons (Fsp3) is 0.120. The maximum atomic E-state index is 12.2. The fourth-order valence-corrected chi connectivity index (χ4v) is 2.85. The molecule has 0 spiro atoms. The summed E-state index contributed by atoms with van der Waals surface area (Å²) in [5.41, 5.74) is 5.31. The molecule has 0 atom stereocenters. The Labute approximate surface area is 191 Å². The molecule has 0 saturated carbocycles. The van der Waals surface area contributed by atoms with Crippen LogP contribution in [0.4, 0.5) is 5.69 Å². The van der Waals surface area contributed by atoms with E-state index in [1.54, 1.807) is 30.3 Å². The minimum absolute atomic E-state index is 0.201. The van der Waals surface area contributed by atoms with E-state index < -0.39 is 11.8 Å². The van der Waals surface area contributed by atoms with E-state index in [2.05, 4.69) is 21.2 Å². The third kappa shape index (κ3) is 7.62. The summed E-state index contributed by atoms with van der Waals surface area (Å²) in [4.78, 5) is 36.0. The van der Waals surface area contributed by atoms with E-state index in [0.717, 1.165) is 11.1 Å². The normalized spacial score (nSPS) is 10.5. The summed E-state index contributed by atoms with van der Waals surface area (Å²) in [5, 5.41) is 9.11. The molecule has 0 aliphatic carbocycles. The van der Waals surface area contributed by atoms with Crippen molar-refractivity contribution in [2.45, 2.75) is 13.5 Å². The number of carbonyl (C=O) groups excluding carboxylic acids is 3. The van der Waals surface area contributed by atoms with E-state index in [1.807, 2.05) is 55.5 Å². The topological polar surface area (TPSA) is 109 Å². The van der Waals surface area contributed by atoms with E-state index in [-0.39, 0.29) is 19.1 Å². The summed E-state index contributed by atoms with van der Waals surface area (Å²) < 4.78 is 5.60. The van der Waals surface area contributed by atoms with Gasteiger partial charge in [0, 0.05) is 17.8 Å². The van der Waals surface area contributed by atoms with Gasteiger partial charge in [0.05, 0.1) is 6.21 Å². The quantitative estimate of drug-likeness (QED) is 0.282. The van der Waals surface area contributed by atoms with E-state index in [1.165, 1.54) is 6.21 Å². The van der Waals surface area contributed by atoms with Gasteiger partial charge in [0.15, 0.2) is 6.61 Å². The van der Waals surface area contributed by atoms with E-state index >= 15 is 0 Å². The van der Waals surface area contributed by atoms with E-state index in [0.29, 0.717) is 17.0 Å². The zero-order valence-electron chi connectivity index (χ0n) is 18.1. The van der Waals surface area contributed by atoms with Gasteiger partial charge in [0.1, 0.15) is 5.75 Å². The molecule has 3 N–H and O–H groups in total. The van der Waals surface area contributed by atoms with Gasteiger partial charge in [-0.25, -0.2) is 5.43 Å². The molecule has 3 rings (SSSR count). The predicted molar refractivity (Wildman–Crippen MR) is 126 cm³/mol. The fourth-order valence-electron chi connectivity index (χ4n) is 2.85. The van der Waals surface area contributed by atoms with E-state index in [4.69, 9.17) is 4.74 Å². The number of para-hydroxylation sites is 1. The summed E-state index contributed by atoms with van der Waals surface area (Å²) in [5.74, 6) is -1.59. The first kappa shape index (κ1) is 23.2. The van der Waals surface area contributed by atoms with Crippen molar-refractivity contribution < 1.29 is 19.1 Å². The first-order valence-electron chi connectivity index (χ1n) is 10.2. The largest absolute Gasteiger partial charge is 0.483 e. The number of hydrogen-bond acceptors (Lipinski definition) is 5. The first-order valence-corrected chi connectivity index (χ1v) is 10.2. The zero-order valence-corrected chi connectivity index (χ0v) is 18.1. The molecule has 0 aliphatic heterocycles. The highest BCUT2D eigenvalue weighted by Gasteiger charge is 2.12. The van der Waals surface area contributed by atoms with Crippen LogP contribution < -0.4 is 20.8 Å². The number of hydrazone groups is 1. The van der Waals surface area contributed by atoms with Crippen LogP contribution in [0.1, 0.15) is 16.7 Å². The Bertz CT molecular complexity index is 1150. The molecule has 3 amide bonds. The number of nitrogens with zero attached hydrogens (tertiary/aromatic N) is 1. The van der Waals surface area contributed by atoms with Crippen LogP contribution in [-0.4, -0.2) is 30.5 Å². The zero-order chi connectivity index (χ0) is 23.5. The van der Waals surface area contributed by atoms with Crippen molar-refractivity contribution in [3.05, 3.63) is 95.6 Å². The lowest BCUT2D eigenvalue weighted by atomic mass is 10.2. The number of rotatable bonds is 8. The number of benzene rings is 3. The lowest BCUT2D eigenvalue weighted by Crippen LogP contribution is -2.37. The monoisotopic (exact) mass is 444 g/mol. The van der Waals surface area contributed by atoms with Gasteiger partial charge in [-0.3, -0.25) is 14.4 Å². The molecule has 3 aromatic carbocycles. The molecule has 0 heterocycles. The maximum Gasteiger partial charge on any atom is 0.329 e. The Morgan fingerprint density at radius 1 is 0.909 bits per heavy atom. The van der Waals surface area contributed by atoms with Crippen molar-refractivity contribution in [2.75, 3.05) is 11.9 Å². The van der Waals surface area contributed by atoms with E-state index in [9.17, 15) is 14.4 Å². The van der Waals surface area contributed by atoms with Gasteiger partial charge >= 0.3 is 11.8 Å². The maximum absolute atomic E-state index is 12.2. The van der Waals surface area contributed by atoms with Gasteiger partial charge in [-0.2, -0.15) is 5.10 Å². The average Bonchev–Trinajstić information content (AvgIpc) is 2.82. The molecule has 8 heteroatoms. The molecule has 0 unspecified atom stereocenters. The number of nitrogens with one attached hydrogen (secondary N) is 3. The van der Waals surface area contributed by atoms with Gasteiger partial charge in [-0.1, -0.05) is 54.6 Å². The van der Waals surface area contributed by atoms with Crippen LogP contribution in [0.5, 0.6) is 5.75 Å². The van der Waals surface area contributed by atoms with Gasteiger partial charge in [-0.05, 0) is 42.3 Å². The molecule has 0 fully saturated rings. The Balaban J connectivity index is 1.49. The second kappa shape index (κ2) is 11.8. The highest BCUT2D eigenvalue weighted by molar-refractivity contribution is 6.35. The summed E-state index contributed by atoms with van der Waals surface area (Å²) >= 11 is 0. The molecule has 168 valence electrons. The Hall–Kier alpha value is -4.46. The SMILES string of the molecule is Cc1cccc(NC(=O)COc2ccccc2/C=N\NC(=O)C(=O)NCc2ccccc2)c1. The van der Waals surface area contributed by atoms with Crippen molar-refractivity contribution in [1.82, 2.24) is 10.7 Å². The summed E-state index contributed by atoms with van der Waals surface area (Å²) in [7, 11) is 0. The number of hydrogen-bond donors (Lipinski definition) is 3. The number of carbonyl (C=O) groups is 3. The van der Waals surface area contributed by atoms with Crippen LogP contribution in [-0.2, 0) is 20.9 Å². The number of amides is 3. The minimum atomic E-state index is -0.891. The number of anilines is 1. The summed E-state index contributed by atoms with van der Waals surface area (Å²) in [6.45, 7) is 1.97. The Kier molecular flexibility index (Phi) is 8.30. The lowest BCUT2D eigenvalue weighted by Gasteiger charge is -2.10. The molecule has 8 nitrogen and oxygen atoms in total. The van der Waals surface area contributed by atoms with Gasteiger partial charge < -0.3 is 15.4 Å². The standard InChI is InChI=1S/C25H24N4O4/c1-18-8-7-12-21(14-18)28-23(30)17-33-22-13-6-5-11-20(22)16-27-29-25(32)24(31)26-15-19-9-3-2-4-10-19/h2-14,16H,15,17H2,1H3,(H,26,31)(H,28,30)(H,29,32)/b27-16-. The molecule has 0 bridgehead atoms. The lowest BCUT2D eigenvalue weighted by molar-refractivity contribution is -0.139. The third-order valence-corrected chi connectivity index (χ3v) is 4.45. The molecular formula is C25H24N4O4. The molecule has 0 saturated heterocycles. The molecule has 0 radical (unpaired) electrons. The predicted octanol–water partition coefficient (Wildman–Crippen LogP) is 2.78. The smallest absolute Gasteiger partial charge is 0.329 e. The van der Waals surface area contributed by atoms with Crippen LogP contribution in [0.3, 0.4) is 0 Å². The minimum Gasteiger partial charge on any atom is -0.483 e. The second-order valence-corrected chi connectivity index (χ2v) is 7.11. The van der Waals surface area contributed by atoms with Crippen LogP contribution in [0.15, 0.2) is 84.0 Å². The highest BCUT2D eigenvalue weighted by Crippen LogP contribution is 2.16. The molecule has 0 aliphatic rings. The first-order chi connectivity index (χ1) is 16.0. The van der Waals surface area contributed by atoms with Crippen LogP contribution in [0.2, 0.25) is 0 Å². The van der Waals surface area contributed by atoms with Crippen molar-refractivity contribution in [2.24, 2.45) is 5.10 Å². The van der Waals surface area contributed by atoms with Crippen molar-refractivity contribution in [3.8, 4) is 5.75 Å². The van der Waals surface area contributed by atoms with Crippen molar-refractivity contribution >= 4 is 29.6 Å². The van der Waals surface area contributed by atoms with Crippen LogP contribution in [0, 0.1) is 6.92 Å². The molecule has 0 aromatic heterocycles.